The molecule has 0 saturated heterocycles. The van der Waals surface area contributed by atoms with Gasteiger partial charge in [-0.05, 0) is 6.42 Å². The molecule has 3 heteroatoms. The van der Waals surface area contributed by atoms with Crippen LogP contribution in [0.1, 0.15) is 32.6 Å². The maximum Gasteiger partial charge on any atom is 0.217 e. The number of hydrogen-bond donors (Lipinski definition) is 1. The second kappa shape index (κ2) is 7.43. The minimum absolute atomic E-state index is 0. The molecule has 0 aliphatic rings. The van der Waals surface area contributed by atoms with Crippen molar-refractivity contribution < 1.29 is 10.3 Å². The predicted octanol–water partition coefficient (Wildman–Crippen LogP) is 0.227. The average Bonchev–Trinajstić information content (AvgIpc) is 1.66. The summed E-state index contributed by atoms with van der Waals surface area (Å²) in [6.07, 6.45) is 3.76. The molecule has 0 aromatic carbocycles. The van der Waals surface area contributed by atoms with Crippen molar-refractivity contribution in [3.8, 4) is 0 Å². The molecule has 0 aliphatic heterocycles. The van der Waals surface area contributed by atoms with Crippen LogP contribution in [0, 0.1) is 0 Å². The van der Waals surface area contributed by atoms with E-state index in [9.17, 15) is 4.79 Å². The fourth-order valence-corrected chi connectivity index (χ4v) is 0.549. The largest absolute Gasteiger partial charge is 0.412 e. The Morgan fingerprint density at radius 2 is 2.00 bits per heavy atom. The smallest absolute Gasteiger partial charge is 0.217 e. The third-order valence-electron chi connectivity index (χ3n) is 1.03. The quantitative estimate of drug-likeness (QED) is 0.547. The third kappa shape index (κ3) is 11.2. The fraction of sp³-hybridized carbons (Fsp3) is 0.833. The molecule has 0 radical (unpaired) electrons. The fourth-order valence-electron chi connectivity index (χ4n) is 0.549. The van der Waals surface area contributed by atoms with Crippen LogP contribution in [0.15, 0.2) is 0 Å². The lowest BCUT2D eigenvalue weighted by molar-refractivity contribution is -0.118. The van der Waals surface area contributed by atoms with Crippen LogP contribution in [-0.4, -0.2) is 11.4 Å². The summed E-state index contributed by atoms with van der Waals surface area (Å²) in [5, 5.41) is 0. The zero-order valence-corrected chi connectivity index (χ0v) is 5.81. The van der Waals surface area contributed by atoms with Crippen molar-refractivity contribution in [1.82, 2.24) is 0 Å². The van der Waals surface area contributed by atoms with E-state index in [0.717, 1.165) is 19.3 Å². The molecule has 0 aromatic rings. The molecule has 56 valence electrons. The van der Waals surface area contributed by atoms with Crippen molar-refractivity contribution in [3.63, 3.8) is 0 Å². The van der Waals surface area contributed by atoms with Crippen molar-refractivity contribution in [2.75, 3.05) is 0 Å². The molecular weight excluding hydrogens is 118 g/mol. The number of unbranched alkanes of at least 4 members (excludes halogenated alkanes) is 2. The zero-order valence-electron chi connectivity index (χ0n) is 5.81. The van der Waals surface area contributed by atoms with Gasteiger partial charge in [0.2, 0.25) is 5.91 Å². The summed E-state index contributed by atoms with van der Waals surface area (Å²) < 4.78 is 0. The van der Waals surface area contributed by atoms with Gasteiger partial charge >= 0.3 is 0 Å². The van der Waals surface area contributed by atoms with Gasteiger partial charge in [-0.25, -0.2) is 0 Å². The van der Waals surface area contributed by atoms with Crippen molar-refractivity contribution in [1.29, 1.82) is 0 Å². The van der Waals surface area contributed by atoms with Crippen molar-refractivity contribution in [2.24, 2.45) is 5.73 Å². The first-order valence-electron chi connectivity index (χ1n) is 3.05. The van der Waals surface area contributed by atoms with Crippen LogP contribution in [-0.2, 0) is 4.79 Å². The first-order chi connectivity index (χ1) is 3.77. The summed E-state index contributed by atoms with van der Waals surface area (Å²) in [4.78, 5) is 10.1. The van der Waals surface area contributed by atoms with E-state index in [4.69, 9.17) is 5.73 Å². The van der Waals surface area contributed by atoms with Gasteiger partial charge in [0.15, 0.2) is 0 Å². The Labute approximate surface area is 55.5 Å². The molecule has 9 heavy (non-hydrogen) atoms. The second-order valence-electron chi connectivity index (χ2n) is 1.92. The molecule has 1 amide bonds. The maximum absolute atomic E-state index is 10.1. The van der Waals surface area contributed by atoms with Crippen molar-refractivity contribution >= 4 is 5.91 Å². The van der Waals surface area contributed by atoms with Gasteiger partial charge in [-0.3, -0.25) is 4.79 Å². The Bertz CT molecular complexity index is 73.5. The SMILES string of the molecule is CCCCCC(N)=O.O. The van der Waals surface area contributed by atoms with E-state index in [1.54, 1.807) is 0 Å². The Balaban J connectivity index is 0. The van der Waals surface area contributed by atoms with Crippen LogP contribution in [0.25, 0.3) is 0 Å². The summed E-state index contributed by atoms with van der Waals surface area (Å²) in [6, 6.07) is 0. The van der Waals surface area contributed by atoms with Crippen LogP contribution in [0.5, 0.6) is 0 Å². The van der Waals surface area contributed by atoms with Gasteiger partial charge in [-0.1, -0.05) is 19.8 Å². The first-order valence-corrected chi connectivity index (χ1v) is 3.05. The highest BCUT2D eigenvalue weighted by atomic mass is 16.1. The zero-order chi connectivity index (χ0) is 6.41. The highest BCUT2D eigenvalue weighted by molar-refractivity contribution is 5.73. The first kappa shape index (κ1) is 11.3. The maximum atomic E-state index is 10.1. The van der Waals surface area contributed by atoms with E-state index >= 15 is 0 Å². The van der Waals surface area contributed by atoms with E-state index < -0.39 is 0 Å². The van der Waals surface area contributed by atoms with Crippen LogP contribution in [0.4, 0.5) is 0 Å². The lowest BCUT2D eigenvalue weighted by Gasteiger charge is -1.90. The number of carbonyl (C=O) groups is 1. The molecule has 3 nitrogen and oxygen atoms in total. The molecule has 4 N–H and O–H groups in total. The molecule has 0 fully saturated rings. The molecule has 0 rings (SSSR count). The average molecular weight is 133 g/mol. The molecule has 0 unspecified atom stereocenters. The van der Waals surface area contributed by atoms with E-state index in [1.807, 2.05) is 0 Å². The predicted molar refractivity (Wildman–Crippen MR) is 37.0 cm³/mol. The van der Waals surface area contributed by atoms with E-state index in [1.165, 1.54) is 0 Å². The third-order valence-corrected chi connectivity index (χ3v) is 1.03. The molecule has 0 bridgehead atoms. The molecule has 0 aliphatic carbocycles. The highest BCUT2D eigenvalue weighted by Crippen LogP contribution is 1.96. The Morgan fingerprint density at radius 1 is 1.44 bits per heavy atom. The van der Waals surface area contributed by atoms with Crippen LogP contribution >= 0.6 is 0 Å². The minimum Gasteiger partial charge on any atom is -0.412 e. The highest BCUT2D eigenvalue weighted by Gasteiger charge is 1.90. The monoisotopic (exact) mass is 133 g/mol. The topological polar surface area (TPSA) is 74.6 Å². The Morgan fingerprint density at radius 3 is 2.33 bits per heavy atom. The van der Waals surface area contributed by atoms with Crippen LogP contribution < -0.4 is 5.73 Å². The molecule has 0 atom stereocenters. The van der Waals surface area contributed by atoms with E-state index in [0.29, 0.717) is 6.42 Å². The second-order valence-corrected chi connectivity index (χ2v) is 1.92. The van der Waals surface area contributed by atoms with E-state index in [-0.39, 0.29) is 11.4 Å². The summed E-state index contributed by atoms with van der Waals surface area (Å²) >= 11 is 0. The minimum atomic E-state index is -0.182. The lowest BCUT2D eigenvalue weighted by atomic mass is 10.2. The molecule has 0 saturated carbocycles. The summed E-state index contributed by atoms with van der Waals surface area (Å²) in [5.41, 5.74) is 4.89. The molecule has 0 spiro atoms. The molecule has 0 aromatic heterocycles. The summed E-state index contributed by atoms with van der Waals surface area (Å²) in [5.74, 6) is -0.182. The van der Waals surface area contributed by atoms with Crippen LogP contribution in [0.3, 0.4) is 0 Å². The van der Waals surface area contributed by atoms with Crippen molar-refractivity contribution in [2.45, 2.75) is 32.6 Å². The van der Waals surface area contributed by atoms with Gasteiger partial charge in [0.1, 0.15) is 0 Å². The lowest BCUT2D eigenvalue weighted by Crippen LogP contribution is -2.09. The summed E-state index contributed by atoms with van der Waals surface area (Å²) in [6.45, 7) is 2.10. The number of nitrogens with two attached hydrogens (primary N) is 1. The summed E-state index contributed by atoms with van der Waals surface area (Å²) in [7, 11) is 0. The Hall–Kier alpha value is -0.570. The number of rotatable bonds is 4. The van der Waals surface area contributed by atoms with Gasteiger partial charge in [-0.15, -0.1) is 0 Å². The van der Waals surface area contributed by atoms with Gasteiger partial charge in [-0.2, -0.15) is 0 Å². The Kier molecular flexibility index (Phi) is 9.29. The van der Waals surface area contributed by atoms with Gasteiger partial charge < -0.3 is 11.2 Å². The van der Waals surface area contributed by atoms with Gasteiger partial charge in [0, 0.05) is 6.42 Å². The van der Waals surface area contributed by atoms with Crippen molar-refractivity contribution in [3.05, 3.63) is 0 Å². The van der Waals surface area contributed by atoms with Crippen LogP contribution in [0.2, 0.25) is 0 Å². The number of carbonyl (C=O) groups excluding carboxylic acids is 1. The number of hydrogen-bond acceptors (Lipinski definition) is 1. The number of amides is 1. The van der Waals surface area contributed by atoms with Gasteiger partial charge in [0.25, 0.3) is 0 Å². The number of primary amides is 1. The molecular formula is C6H15NO2. The van der Waals surface area contributed by atoms with E-state index in [2.05, 4.69) is 6.92 Å². The van der Waals surface area contributed by atoms with Gasteiger partial charge in [0.05, 0.1) is 0 Å². The standard InChI is InChI=1S/C6H13NO.H2O/c1-2-3-4-5-6(7)8;/h2-5H2,1H3,(H2,7,8);1H2. The molecule has 0 heterocycles. The normalized spacial score (nSPS) is 8.11.